The van der Waals surface area contributed by atoms with E-state index in [9.17, 15) is 19.1 Å². The van der Waals surface area contributed by atoms with Crippen molar-refractivity contribution in [1.29, 1.82) is 0 Å². The standard InChI is InChI=1S/C25H29FN2O5/c26-21-9-5-4-8-20(21)25(31)28-14-18(29)15-32-16-23-22(28)11-10-19(33-23)12-24(30)27-13-17-6-2-1-3-7-17/h1-9,18-19,22-23,29H,10-16H2,(H,27,30)/t18-,19+,22-,23+/m0/s1. The fourth-order valence-corrected chi connectivity index (χ4v) is 4.44. The van der Waals surface area contributed by atoms with E-state index in [0.717, 1.165) is 5.56 Å². The third-order valence-corrected chi connectivity index (χ3v) is 6.09. The van der Waals surface area contributed by atoms with Crippen molar-refractivity contribution in [3.05, 3.63) is 71.5 Å². The highest BCUT2D eigenvalue weighted by molar-refractivity contribution is 5.94. The van der Waals surface area contributed by atoms with Crippen molar-refractivity contribution in [1.82, 2.24) is 10.2 Å². The molecule has 2 heterocycles. The molecule has 2 aromatic carbocycles. The Bertz CT molecular complexity index is 957. The topological polar surface area (TPSA) is 88.1 Å². The molecule has 7 nitrogen and oxygen atoms in total. The molecule has 4 rings (SSSR count). The zero-order valence-corrected chi connectivity index (χ0v) is 18.4. The molecule has 4 atom stereocenters. The molecule has 2 amide bonds. The van der Waals surface area contributed by atoms with Gasteiger partial charge in [0.05, 0.1) is 43.4 Å². The van der Waals surface area contributed by atoms with Crippen molar-refractivity contribution in [3.8, 4) is 0 Å². The van der Waals surface area contributed by atoms with Gasteiger partial charge in [-0.05, 0) is 30.5 Å². The number of aliphatic hydroxyl groups excluding tert-OH is 1. The fourth-order valence-electron chi connectivity index (χ4n) is 4.44. The summed E-state index contributed by atoms with van der Waals surface area (Å²) in [5.41, 5.74) is 0.983. The van der Waals surface area contributed by atoms with Crippen molar-refractivity contribution < 1.29 is 28.6 Å². The van der Waals surface area contributed by atoms with Crippen LogP contribution in [0.15, 0.2) is 54.6 Å². The minimum Gasteiger partial charge on any atom is -0.389 e. The quantitative estimate of drug-likeness (QED) is 0.721. The number of nitrogens with zero attached hydrogens (tertiary/aromatic N) is 1. The minimum atomic E-state index is -0.872. The van der Waals surface area contributed by atoms with Crippen LogP contribution in [0.1, 0.15) is 35.2 Å². The lowest BCUT2D eigenvalue weighted by atomic mass is 9.94. The van der Waals surface area contributed by atoms with E-state index in [-0.39, 0.29) is 49.8 Å². The molecule has 0 bridgehead atoms. The van der Waals surface area contributed by atoms with Gasteiger partial charge in [0.2, 0.25) is 5.91 Å². The van der Waals surface area contributed by atoms with Crippen LogP contribution in [0.25, 0.3) is 0 Å². The Kier molecular flexibility index (Phi) is 7.69. The average Bonchev–Trinajstić information content (AvgIpc) is 2.81. The van der Waals surface area contributed by atoms with Gasteiger partial charge in [0.25, 0.3) is 5.91 Å². The van der Waals surface area contributed by atoms with Crippen LogP contribution in [-0.2, 0) is 20.8 Å². The molecule has 2 saturated heterocycles. The highest BCUT2D eigenvalue weighted by atomic mass is 19.1. The summed E-state index contributed by atoms with van der Waals surface area (Å²) in [6.07, 6.45) is -0.299. The van der Waals surface area contributed by atoms with Crippen LogP contribution < -0.4 is 5.32 Å². The van der Waals surface area contributed by atoms with Crippen LogP contribution in [0.3, 0.4) is 0 Å². The number of carbonyl (C=O) groups is 2. The summed E-state index contributed by atoms with van der Waals surface area (Å²) in [4.78, 5) is 27.1. The molecule has 0 saturated carbocycles. The van der Waals surface area contributed by atoms with E-state index in [1.54, 1.807) is 6.07 Å². The summed E-state index contributed by atoms with van der Waals surface area (Å²) in [5.74, 6) is -1.19. The molecule has 33 heavy (non-hydrogen) atoms. The Balaban J connectivity index is 1.40. The first kappa shape index (κ1) is 23.4. The molecule has 0 radical (unpaired) electrons. The maximum atomic E-state index is 14.3. The van der Waals surface area contributed by atoms with E-state index in [4.69, 9.17) is 9.47 Å². The molecule has 0 aliphatic carbocycles. The number of benzene rings is 2. The lowest BCUT2D eigenvalue weighted by Crippen LogP contribution is -2.57. The number of nitrogens with one attached hydrogen (secondary N) is 1. The van der Waals surface area contributed by atoms with Gasteiger partial charge in [-0.15, -0.1) is 0 Å². The number of fused-ring (bicyclic) bond motifs is 1. The highest BCUT2D eigenvalue weighted by Gasteiger charge is 2.40. The van der Waals surface area contributed by atoms with Gasteiger partial charge in [0, 0.05) is 13.1 Å². The Hall–Kier alpha value is -2.81. The zero-order chi connectivity index (χ0) is 23.2. The summed E-state index contributed by atoms with van der Waals surface area (Å²) in [7, 11) is 0. The smallest absolute Gasteiger partial charge is 0.257 e. The molecule has 2 aliphatic rings. The Morgan fingerprint density at radius 1 is 1.06 bits per heavy atom. The van der Waals surface area contributed by atoms with Crippen molar-refractivity contribution in [2.45, 2.75) is 50.2 Å². The Morgan fingerprint density at radius 2 is 1.82 bits per heavy atom. The number of halogens is 1. The van der Waals surface area contributed by atoms with Crippen LogP contribution in [0, 0.1) is 5.82 Å². The molecule has 8 heteroatoms. The first-order valence-corrected chi connectivity index (χ1v) is 11.3. The minimum absolute atomic E-state index is 0.0277. The molecule has 2 fully saturated rings. The molecule has 2 N–H and O–H groups in total. The van der Waals surface area contributed by atoms with Gasteiger partial charge < -0.3 is 24.8 Å². The van der Waals surface area contributed by atoms with Crippen LogP contribution in [-0.4, -0.2) is 65.9 Å². The normalized spacial score (nSPS) is 25.5. The lowest BCUT2D eigenvalue weighted by Gasteiger charge is -2.44. The van der Waals surface area contributed by atoms with Gasteiger partial charge >= 0.3 is 0 Å². The summed E-state index contributed by atoms with van der Waals surface area (Å²) < 4.78 is 26.0. The number of hydrogen-bond acceptors (Lipinski definition) is 5. The molecule has 0 unspecified atom stereocenters. The summed E-state index contributed by atoms with van der Waals surface area (Å²) >= 11 is 0. The summed E-state index contributed by atoms with van der Waals surface area (Å²) in [6, 6.07) is 15.1. The number of hydrogen-bond donors (Lipinski definition) is 2. The molecular weight excluding hydrogens is 427 g/mol. The van der Waals surface area contributed by atoms with Crippen LogP contribution >= 0.6 is 0 Å². The van der Waals surface area contributed by atoms with Crippen LogP contribution in [0.5, 0.6) is 0 Å². The number of carbonyl (C=O) groups excluding carboxylic acids is 2. The third kappa shape index (κ3) is 5.96. The van der Waals surface area contributed by atoms with Crippen molar-refractivity contribution in [2.24, 2.45) is 0 Å². The SMILES string of the molecule is O=C(C[C@H]1CC[C@H]2[C@@H](COC[C@@H](O)CN2C(=O)c2ccccc2F)O1)NCc1ccccc1. The van der Waals surface area contributed by atoms with E-state index in [1.807, 2.05) is 30.3 Å². The average molecular weight is 457 g/mol. The first-order chi connectivity index (χ1) is 16.0. The van der Waals surface area contributed by atoms with E-state index in [2.05, 4.69) is 5.32 Å². The molecular formula is C25H29FN2O5. The van der Waals surface area contributed by atoms with Crippen molar-refractivity contribution in [2.75, 3.05) is 19.8 Å². The largest absolute Gasteiger partial charge is 0.389 e. The molecule has 0 aromatic heterocycles. The van der Waals surface area contributed by atoms with Gasteiger partial charge in [-0.25, -0.2) is 4.39 Å². The number of rotatable bonds is 5. The Morgan fingerprint density at radius 3 is 2.61 bits per heavy atom. The van der Waals surface area contributed by atoms with E-state index >= 15 is 0 Å². The number of amides is 2. The van der Waals surface area contributed by atoms with Crippen molar-refractivity contribution in [3.63, 3.8) is 0 Å². The number of β-amino-alcohol motifs (C(OH)–C–C–N with tert-alkyl or cyclic N) is 1. The maximum absolute atomic E-state index is 14.3. The fraction of sp³-hybridized carbons (Fsp3) is 0.440. The predicted molar refractivity (Wildman–Crippen MR) is 119 cm³/mol. The molecule has 0 spiro atoms. The second-order valence-corrected chi connectivity index (χ2v) is 8.54. The van der Waals surface area contributed by atoms with Gasteiger partial charge in [0.15, 0.2) is 0 Å². The highest BCUT2D eigenvalue weighted by Crippen LogP contribution is 2.29. The maximum Gasteiger partial charge on any atom is 0.257 e. The zero-order valence-electron chi connectivity index (χ0n) is 18.4. The van der Waals surface area contributed by atoms with E-state index in [1.165, 1.54) is 23.1 Å². The first-order valence-electron chi connectivity index (χ1n) is 11.3. The van der Waals surface area contributed by atoms with Crippen LogP contribution in [0.2, 0.25) is 0 Å². The van der Waals surface area contributed by atoms with Gasteiger partial charge in [-0.1, -0.05) is 42.5 Å². The third-order valence-electron chi connectivity index (χ3n) is 6.09. The second kappa shape index (κ2) is 10.9. The number of aliphatic hydroxyl groups is 1. The summed E-state index contributed by atoms with van der Waals surface area (Å²) in [6.45, 7) is 0.713. The van der Waals surface area contributed by atoms with Gasteiger partial charge in [0.1, 0.15) is 11.9 Å². The van der Waals surface area contributed by atoms with Gasteiger partial charge in [-0.3, -0.25) is 9.59 Å². The second-order valence-electron chi connectivity index (χ2n) is 8.54. The number of ether oxygens (including phenoxy) is 2. The van der Waals surface area contributed by atoms with Crippen molar-refractivity contribution >= 4 is 11.8 Å². The molecule has 2 aliphatic heterocycles. The Labute approximate surface area is 192 Å². The summed E-state index contributed by atoms with van der Waals surface area (Å²) in [5, 5.41) is 13.2. The molecule has 176 valence electrons. The monoisotopic (exact) mass is 456 g/mol. The van der Waals surface area contributed by atoms with Crippen LogP contribution in [0.4, 0.5) is 4.39 Å². The predicted octanol–water partition coefficient (Wildman–Crippen LogP) is 2.28. The van der Waals surface area contributed by atoms with Gasteiger partial charge in [-0.2, -0.15) is 0 Å². The lowest BCUT2D eigenvalue weighted by molar-refractivity contribution is -0.151. The van der Waals surface area contributed by atoms with E-state index < -0.39 is 23.9 Å². The van der Waals surface area contributed by atoms with E-state index in [0.29, 0.717) is 19.4 Å². The molecule has 2 aromatic rings.